The predicted octanol–water partition coefficient (Wildman–Crippen LogP) is 8.21. The maximum Gasteiger partial charge on any atom is 0.511 e. The van der Waals surface area contributed by atoms with Gasteiger partial charge in [0.2, 0.25) is 6.79 Å². The topological polar surface area (TPSA) is 65.1 Å². The SMILES string of the molecule is CCCCCC=CCC=CCCCCCCC(CCC)C(=O)OCOC(=O)OCCCN(CC)CC. The number of hydrogen-bond donors (Lipinski definition) is 0. The molecule has 0 fully saturated rings. The molecule has 6 nitrogen and oxygen atoms in total. The number of rotatable bonds is 24. The van der Waals surface area contributed by atoms with Crippen molar-refractivity contribution < 1.29 is 23.8 Å². The molecule has 0 heterocycles. The van der Waals surface area contributed by atoms with Crippen LogP contribution in [0, 0.1) is 5.92 Å². The van der Waals surface area contributed by atoms with Crippen molar-refractivity contribution in [1.82, 2.24) is 4.90 Å². The molecule has 0 aliphatic carbocycles. The molecule has 0 rings (SSSR count). The largest absolute Gasteiger partial charge is 0.511 e. The zero-order chi connectivity index (χ0) is 26.7. The minimum Gasteiger partial charge on any atom is -0.434 e. The first-order valence-corrected chi connectivity index (χ1v) is 14.6. The molecule has 0 aromatic carbocycles. The molecule has 1 unspecified atom stereocenters. The van der Waals surface area contributed by atoms with Gasteiger partial charge in [0.15, 0.2) is 0 Å². The van der Waals surface area contributed by atoms with Gasteiger partial charge in [-0.05, 0) is 64.5 Å². The fourth-order valence-corrected chi connectivity index (χ4v) is 4.03. The van der Waals surface area contributed by atoms with Crippen molar-refractivity contribution in [3.05, 3.63) is 24.3 Å². The van der Waals surface area contributed by atoms with E-state index in [1.165, 1.54) is 38.5 Å². The van der Waals surface area contributed by atoms with Gasteiger partial charge in [-0.25, -0.2) is 4.79 Å². The van der Waals surface area contributed by atoms with Crippen molar-refractivity contribution in [3.8, 4) is 0 Å². The van der Waals surface area contributed by atoms with Crippen LogP contribution in [0.25, 0.3) is 0 Å². The van der Waals surface area contributed by atoms with Crippen LogP contribution in [0.1, 0.15) is 118 Å². The number of unbranched alkanes of at least 4 members (excludes halogenated alkanes) is 7. The number of hydrogen-bond acceptors (Lipinski definition) is 6. The maximum absolute atomic E-state index is 12.4. The van der Waals surface area contributed by atoms with Crippen LogP contribution in [-0.2, 0) is 19.0 Å². The summed E-state index contributed by atoms with van der Waals surface area (Å²) in [5.74, 6) is -0.412. The smallest absolute Gasteiger partial charge is 0.434 e. The summed E-state index contributed by atoms with van der Waals surface area (Å²) in [6.45, 7) is 11.3. The first-order chi connectivity index (χ1) is 17.6. The van der Waals surface area contributed by atoms with Crippen molar-refractivity contribution in [2.75, 3.05) is 33.0 Å². The van der Waals surface area contributed by atoms with Gasteiger partial charge in [-0.15, -0.1) is 0 Å². The molecule has 0 spiro atoms. The lowest BCUT2D eigenvalue weighted by atomic mass is 9.96. The Morgan fingerprint density at radius 2 is 1.36 bits per heavy atom. The Kier molecular flexibility index (Phi) is 24.9. The zero-order valence-corrected chi connectivity index (χ0v) is 23.8. The average molecular weight is 510 g/mol. The zero-order valence-electron chi connectivity index (χ0n) is 23.8. The second kappa shape index (κ2) is 26.2. The number of carbonyl (C=O) groups is 2. The van der Waals surface area contributed by atoms with Crippen molar-refractivity contribution in [2.24, 2.45) is 5.92 Å². The second-order valence-corrected chi connectivity index (χ2v) is 9.36. The van der Waals surface area contributed by atoms with E-state index in [1.54, 1.807) is 0 Å². The van der Waals surface area contributed by atoms with Gasteiger partial charge < -0.3 is 19.1 Å². The third-order valence-corrected chi connectivity index (χ3v) is 6.33. The molecular formula is C30H55NO5. The van der Waals surface area contributed by atoms with E-state index < -0.39 is 6.16 Å². The molecule has 36 heavy (non-hydrogen) atoms. The van der Waals surface area contributed by atoms with Gasteiger partial charge in [0.25, 0.3) is 0 Å². The van der Waals surface area contributed by atoms with Crippen molar-refractivity contribution in [1.29, 1.82) is 0 Å². The molecule has 0 saturated heterocycles. The Labute approximate surface area is 221 Å². The van der Waals surface area contributed by atoms with E-state index in [0.29, 0.717) is 6.61 Å². The van der Waals surface area contributed by atoms with Crippen LogP contribution in [0.2, 0.25) is 0 Å². The Balaban J connectivity index is 3.85. The molecule has 0 aliphatic heterocycles. The molecule has 0 aromatic heterocycles. The van der Waals surface area contributed by atoms with Gasteiger partial charge >= 0.3 is 12.1 Å². The van der Waals surface area contributed by atoms with E-state index in [9.17, 15) is 9.59 Å². The van der Waals surface area contributed by atoms with Crippen molar-refractivity contribution in [2.45, 2.75) is 118 Å². The average Bonchev–Trinajstić information content (AvgIpc) is 2.88. The Bertz CT molecular complexity index is 572. The highest BCUT2D eigenvalue weighted by Gasteiger charge is 2.19. The van der Waals surface area contributed by atoms with E-state index in [2.05, 4.69) is 56.9 Å². The Morgan fingerprint density at radius 1 is 0.694 bits per heavy atom. The monoisotopic (exact) mass is 509 g/mol. The highest BCUT2D eigenvalue weighted by atomic mass is 16.8. The van der Waals surface area contributed by atoms with E-state index in [-0.39, 0.29) is 18.7 Å². The van der Waals surface area contributed by atoms with Crippen LogP contribution < -0.4 is 0 Å². The van der Waals surface area contributed by atoms with Gasteiger partial charge in [0, 0.05) is 6.54 Å². The molecule has 0 aliphatic rings. The molecule has 0 saturated carbocycles. The summed E-state index contributed by atoms with van der Waals surface area (Å²) in [6, 6.07) is 0. The predicted molar refractivity (Wildman–Crippen MR) is 149 cm³/mol. The molecule has 1 atom stereocenters. The minimum absolute atomic E-state index is 0.132. The number of carbonyl (C=O) groups excluding carboxylic acids is 2. The quantitative estimate of drug-likeness (QED) is 0.0565. The third-order valence-electron chi connectivity index (χ3n) is 6.33. The molecule has 210 valence electrons. The van der Waals surface area contributed by atoms with Crippen molar-refractivity contribution >= 4 is 12.1 Å². The summed E-state index contributed by atoms with van der Waals surface area (Å²) in [5.41, 5.74) is 0. The highest BCUT2D eigenvalue weighted by Crippen LogP contribution is 2.18. The molecule has 0 bridgehead atoms. The van der Waals surface area contributed by atoms with E-state index in [4.69, 9.17) is 14.2 Å². The molecule has 0 radical (unpaired) electrons. The lowest BCUT2D eigenvalue weighted by Crippen LogP contribution is -2.25. The fourth-order valence-electron chi connectivity index (χ4n) is 4.03. The first kappa shape index (κ1) is 34.2. The summed E-state index contributed by atoms with van der Waals surface area (Å²) in [4.78, 5) is 26.3. The van der Waals surface area contributed by atoms with Gasteiger partial charge in [-0.1, -0.05) is 90.5 Å². The Hall–Kier alpha value is -1.82. The van der Waals surface area contributed by atoms with Gasteiger partial charge in [0.05, 0.1) is 12.5 Å². The molecule has 0 amide bonds. The maximum atomic E-state index is 12.4. The van der Waals surface area contributed by atoms with Crippen LogP contribution in [0.4, 0.5) is 4.79 Å². The summed E-state index contributed by atoms with van der Waals surface area (Å²) in [6.07, 6.45) is 23.4. The van der Waals surface area contributed by atoms with E-state index >= 15 is 0 Å². The number of nitrogens with zero attached hydrogens (tertiary/aromatic N) is 1. The normalized spacial score (nSPS) is 12.5. The minimum atomic E-state index is -0.786. The summed E-state index contributed by atoms with van der Waals surface area (Å²) in [5, 5.41) is 0. The molecule has 6 heteroatoms. The van der Waals surface area contributed by atoms with Crippen LogP contribution in [0.5, 0.6) is 0 Å². The van der Waals surface area contributed by atoms with E-state index in [0.717, 1.165) is 71.0 Å². The van der Waals surface area contributed by atoms with Crippen LogP contribution in [-0.4, -0.2) is 50.1 Å². The standard InChI is InChI=1S/C30H55NO5/c1-5-9-10-11-12-13-14-15-16-17-18-19-20-21-24-28(23-6-2)29(32)35-27-36-30(33)34-26-22-25-31(7-3)8-4/h12-13,15-16,28H,5-11,14,17-27H2,1-4H3. The second-order valence-electron chi connectivity index (χ2n) is 9.36. The molecule has 0 aromatic rings. The van der Waals surface area contributed by atoms with Crippen LogP contribution in [0.15, 0.2) is 24.3 Å². The molecular weight excluding hydrogens is 454 g/mol. The molecule has 0 N–H and O–H groups in total. The third kappa shape index (κ3) is 21.5. The fraction of sp³-hybridized carbons (Fsp3) is 0.800. The number of allylic oxidation sites excluding steroid dienone is 4. The lowest BCUT2D eigenvalue weighted by Gasteiger charge is -2.17. The van der Waals surface area contributed by atoms with Gasteiger partial charge in [-0.3, -0.25) is 4.79 Å². The van der Waals surface area contributed by atoms with Gasteiger partial charge in [-0.2, -0.15) is 0 Å². The van der Waals surface area contributed by atoms with Crippen molar-refractivity contribution in [3.63, 3.8) is 0 Å². The Morgan fingerprint density at radius 3 is 2.00 bits per heavy atom. The first-order valence-electron chi connectivity index (χ1n) is 14.6. The van der Waals surface area contributed by atoms with Crippen LogP contribution in [0.3, 0.4) is 0 Å². The summed E-state index contributed by atoms with van der Waals surface area (Å²) < 4.78 is 15.1. The lowest BCUT2D eigenvalue weighted by molar-refractivity contribution is -0.158. The summed E-state index contributed by atoms with van der Waals surface area (Å²) >= 11 is 0. The number of esters is 1. The van der Waals surface area contributed by atoms with Gasteiger partial charge in [0.1, 0.15) is 0 Å². The summed E-state index contributed by atoms with van der Waals surface area (Å²) in [7, 11) is 0. The number of ether oxygens (including phenoxy) is 3. The van der Waals surface area contributed by atoms with Crippen LogP contribution >= 0.6 is 0 Å². The highest BCUT2D eigenvalue weighted by molar-refractivity contribution is 5.72. The van der Waals surface area contributed by atoms with E-state index in [1.807, 2.05) is 0 Å².